The number of amides is 1. The Morgan fingerprint density at radius 2 is 1.60 bits per heavy atom. The molecule has 4 rings (SSSR count). The first-order valence-electron chi connectivity index (χ1n) is 16.4. The number of carboxylic acid groups (broad SMARTS) is 1. The van der Waals surface area contributed by atoms with E-state index < -0.39 is 5.97 Å². The summed E-state index contributed by atoms with van der Waals surface area (Å²) in [7, 11) is 1.61. The van der Waals surface area contributed by atoms with Gasteiger partial charge in [-0.25, -0.2) is 4.98 Å². The number of carboxylic acids is 1. The lowest BCUT2D eigenvalue weighted by Crippen LogP contribution is -2.36. The number of hydrogen-bond acceptors (Lipinski definition) is 7. The summed E-state index contributed by atoms with van der Waals surface area (Å²) >= 11 is 1.42. The number of nitrogens with zero attached hydrogens (tertiary/aromatic N) is 2. The van der Waals surface area contributed by atoms with E-state index in [0.717, 1.165) is 16.8 Å². The summed E-state index contributed by atoms with van der Waals surface area (Å²) in [6.07, 6.45) is 4.78. The van der Waals surface area contributed by atoms with Gasteiger partial charge in [0.2, 0.25) is 5.91 Å². The third-order valence-corrected chi connectivity index (χ3v) is 8.91. The van der Waals surface area contributed by atoms with Gasteiger partial charge in [0.15, 0.2) is 11.5 Å². The van der Waals surface area contributed by atoms with Gasteiger partial charge < -0.3 is 19.9 Å². The first-order chi connectivity index (χ1) is 22.7. The zero-order valence-corrected chi connectivity index (χ0v) is 28.9. The first kappa shape index (κ1) is 35.6. The minimum atomic E-state index is -1.01. The number of benzene rings is 3. The van der Waals surface area contributed by atoms with E-state index in [1.165, 1.54) is 48.1 Å². The van der Waals surface area contributed by atoms with E-state index in [1.54, 1.807) is 12.0 Å². The molecule has 0 aliphatic carbocycles. The Morgan fingerprint density at radius 3 is 2.21 bits per heavy atom. The highest BCUT2D eigenvalue weighted by atomic mass is 32.1. The SMILES string of the molecule is CCCC(CCC)c1ccc(COc2ccc(-c3csc(CN(CC(=O)O)CC(=O)Nc4ccc(C(C)C)cc4)n3)cc2OC)cc1. The Kier molecular flexibility index (Phi) is 13.4. The lowest BCUT2D eigenvalue weighted by Gasteiger charge is -2.18. The van der Waals surface area contributed by atoms with Crippen LogP contribution < -0.4 is 14.8 Å². The van der Waals surface area contributed by atoms with Crippen molar-refractivity contribution >= 4 is 28.9 Å². The largest absolute Gasteiger partial charge is 0.493 e. The highest BCUT2D eigenvalue weighted by molar-refractivity contribution is 7.09. The van der Waals surface area contributed by atoms with Gasteiger partial charge in [0, 0.05) is 16.6 Å². The van der Waals surface area contributed by atoms with Crippen molar-refractivity contribution in [3.8, 4) is 22.8 Å². The predicted molar refractivity (Wildman–Crippen MR) is 190 cm³/mol. The number of ether oxygens (including phenoxy) is 2. The highest BCUT2D eigenvalue weighted by Gasteiger charge is 2.18. The molecule has 1 aromatic heterocycles. The minimum Gasteiger partial charge on any atom is -0.493 e. The van der Waals surface area contributed by atoms with Gasteiger partial charge in [-0.15, -0.1) is 11.3 Å². The molecular formula is C38H47N3O5S. The van der Waals surface area contributed by atoms with Crippen LogP contribution in [0.15, 0.2) is 72.1 Å². The topological polar surface area (TPSA) is 101 Å². The molecule has 0 unspecified atom stereocenters. The number of aliphatic carboxylic acids is 1. The van der Waals surface area contributed by atoms with Gasteiger partial charge in [0.05, 0.1) is 32.4 Å². The van der Waals surface area contributed by atoms with Crippen molar-refractivity contribution in [3.63, 3.8) is 0 Å². The first-order valence-corrected chi connectivity index (χ1v) is 17.2. The van der Waals surface area contributed by atoms with Crippen molar-refractivity contribution in [3.05, 3.63) is 93.8 Å². The van der Waals surface area contributed by atoms with Gasteiger partial charge in [-0.2, -0.15) is 0 Å². The molecular weight excluding hydrogens is 611 g/mol. The monoisotopic (exact) mass is 657 g/mol. The standard InChI is InChI=1S/C38H47N3O5S/c1-6-8-29(9-7-2)30-12-10-27(11-13-30)24-46-34-19-16-31(20-35(34)45-5)33-25-47-37(40-33)22-41(23-38(43)44)21-36(42)39-32-17-14-28(15-18-32)26(3)4/h10-20,25-26,29H,6-9,21-24H2,1-5H3,(H,39,42)(H,43,44). The molecule has 8 nitrogen and oxygen atoms in total. The third kappa shape index (κ3) is 10.7. The van der Waals surface area contributed by atoms with Crippen LogP contribution in [0.3, 0.4) is 0 Å². The van der Waals surface area contributed by atoms with Gasteiger partial charge in [0.25, 0.3) is 0 Å². The van der Waals surface area contributed by atoms with Crippen LogP contribution in [0.2, 0.25) is 0 Å². The summed E-state index contributed by atoms with van der Waals surface area (Å²) in [6.45, 7) is 9.00. The molecule has 4 aromatic rings. The molecule has 0 spiro atoms. The second-order valence-corrected chi connectivity index (χ2v) is 13.1. The van der Waals surface area contributed by atoms with Crippen molar-refractivity contribution in [1.29, 1.82) is 0 Å². The molecule has 2 N–H and O–H groups in total. The molecule has 0 bridgehead atoms. The molecule has 0 radical (unpaired) electrons. The summed E-state index contributed by atoms with van der Waals surface area (Å²) in [5, 5.41) is 15.0. The molecule has 47 heavy (non-hydrogen) atoms. The van der Waals surface area contributed by atoms with Crippen molar-refractivity contribution < 1.29 is 24.2 Å². The Hall–Kier alpha value is -4.21. The average molecular weight is 658 g/mol. The second-order valence-electron chi connectivity index (χ2n) is 12.2. The zero-order chi connectivity index (χ0) is 33.8. The number of carbonyl (C=O) groups excluding carboxylic acids is 1. The fourth-order valence-electron chi connectivity index (χ4n) is 5.59. The van der Waals surface area contributed by atoms with Crippen molar-refractivity contribution in [1.82, 2.24) is 9.88 Å². The molecule has 0 aliphatic rings. The van der Waals surface area contributed by atoms with Crippen molar-refractivity contribution in [2.24, 2.45) is 0 Å². The maximum Gasteiger partial charge on any atom is 0.317 e. The van der Waals surface area contributed by atoms with E-state index in [2.05, 4.69) is 57.3 Å². The molecule has 3 aromatic carbocycles. The molecule has 0 saturated heterocycles. The summed E-state index contributed by atoms with van der Waals surface area (Å²) in [5.41, 5.74) is 5.94. The van der Waals surface area contributed by atoms with Gasteiger partial charge in [-0.3, -0.25) is 14.5 Å². The number of methoxy groups -OCH3 is 1. The Bertz CT molecular complexity index is 1580. The summed E-state index contributed by atoms with van der Waals surface area (Å²) in [5.74, 6) is 0.951. The lowest BCUT2D eigenvalue weighted by molar-refractivity contribution is -0.138. The molecule has 9 heteroatoms. The summed E-state index contributed by atoms with van der Waals surface area (Å²) in [6, 6.07) is 22.1. The third-order valence-electron chi connectivity index (χ3n) is 8.08. The number of carbonyl (C=O) groups is 2. The predicted octanol–water partition coefficient (Wildman–Crippen LogP) is 8.73. The average Bonchev–Trinajstić information content (AvgIpc) is 3.52. The zero-order valence-electron chi connectivity index (χ0n) is 28.1. The number of hydrogen-bond donors (Lipinski definition) is 2. The molecule has 250 valence electrons. The quantitative estimate of drug-likeness (QED) is 0.110. The van der Waals surface area contributed by atoms with E-state index >= 15 is 0 Å². The van der Waals surface area contributed by atoms with Gasteiger partial charge in [0.1, 0.15) is 11.6 Å². The van der Waals surface area contributed by atoms with Crippen LogP contribution in [-0.4, -0.2) is 47.1 Å². The smallest absolute Gasteiger partial charge is 0.317 e. The highest BCUT2D eigenvalue weighted by Crippen LogP contribution is 2.34. The van der Waals surface area contributed by atoms with Crippen LogP contribution >= 0.6 is 11.3 Å². The van der Waals surface area contributed by atoms with Crippen LogP contribution in [0.1, 0.15) is 86.9 Å². The number of aromatic nitrogens is 1. The fraction of sp³-hybridized carbons (Fsp3) is 0.395. The fourth-order valence-corrected chi connectivity index (χ4v) is 6.43. The van der Waals surface area contributed by atoms with Gasteiger partial charge in [-0.05, 0) is 71.7 Å². The molecule has 0 fully saturated rings. The van der Waals surface area contributed by atoms with E-state index in [4.69, 9.17) is 14.5 Å². The van der Waals surface area contributed by atoms with Crippen molar-refractivity contribution in [2.75, 3.05) is 25.5 Å². The van der Waals surface area contributed by atoms with E-state index in [0.29, 0.717) is 40.6 Å². The normalized spacial score (nSPS) is 11.3. The maximum absolute atomic E-state index is 12.8. The van der Waals surface area contributed by atoms with Crippen LogP contribution in [0, 0.1) is 0 Å². The molecule has 1 amide bonds. The van der Waals surface area contributed by atoms with Crippen LogP contribution in [0.5, 0.6) is 11.5 Å². The molecule has 1 heterocycles. The van der Waals surface area contributed by atoms with Crippen LogP contribution in [0.25, 0.3) is 11.3 Å². The van der Waals surface area contributed by atoms with Crippen molar-refractivity contribution in [2.45, 2.75) is 78.4 Å². The summed E-state index contributed by atoms with van der Waals surface area (Å²) < 4.78 is 11.8. The van der Waals surface area contributed by atoms with E-state index in [1.807, 2.05) is 47.8 Å². The van der Waals surface area contributed by atoms with Crippen LogP contribution in [0.4, 0.5) is 5.69 Å². The molecule has 0 saturated carbocycles. The second kappa shape index (κ2) is 17.6. The Balaban J connectivity index is 1.37. The number of anilines is 1. The summed E-state index contributed by atoms with van der Waals surface area (Å²) in [4.78, 5) is 30.7. The van der Waals surface area contributed by atoms with Gasteiger partial charge >= 0.3 is 5.97 Å². The molecule has 0 aliphatic heterocycles. The Morgan fingerprint density at radius 1 is 0.915 bits per heavy atom. The Labute approximate surface area is 282 Å². The van der Waals surface area contributed by atoms with E-state index in [9.17, 15) is 14.7 Å². The van der Waals surface area contributed by atoms with Gasteiger partial charge in [-0.1, -0.05) is 76.9 Å². The number of nitrogens with one attached hydrogen (secondary N) is 1. The number of thiazole rings is 1. The minimum absolute atomic E-state index is 0.0756. The molecule has 0 atom stereocenters. The number of rotatable bonds is 18. The maximum atomic E-state index is 12.8. The lowest BCUT2D eigenvalue weighted by atomic mass is 9.90. The van der Waals surface area contributed by atoms with E-state index in [-0.39, 0.29) is 25.5 Å². The van der Waals surface area contributed by atoms with Crippen LogP contribution in [-0.2, 0) is 22.7 Å².